The summed E-state index contributed by atoms with van der Waals surface area (Å²) in [6, 6.07) is 5.48. The van der Waals surface area contributed by atoms with Gasteiger partial charge in [0.25, 0.3) is 0 Å². The molecule has 0 spiro atoms. The Balaban J connectivity index is 1.60. The maximum atomic E-state index is 12.6. The molecule has 0 saturated carbocycles. The summed E-state index contributed by atoms with van der Waals surface area (Å²) in [7, 11) is 1.41. The summed E-state index contributed by atoms with van der Waals surface area (Å²) >= 11 is 0. The van der Waals surface area contributed by atoms with Crippen LogP contribution in [0.2, 0.25) is 0 Å². The fourth-order valence-electron chi connectivity index (χ4n) is 3.58. The minimum absolute atomic E-state index is 0.0319. The van der Waals surface area contributed by atoms with Crippen LogP contribution in [0.5, 0.6) is 5.75 Å². The fourth-order valence-corrected chi connectivity index (χ4v) is 3.58. The molecule has 2 atom stereocenters. The highest BCUT2D eigenvalue weighted by molar-refractivity contribution is 5.74. The first kappa shape index (κ1) is 20.7. The van der Waals surface area contributed by atoms with E-state index in [0.717, 1.165) is 31.0 Å². The number of fused-ring (bicyclic) bond motifs is 1. The van der Waals surface area contributed by atoms with E-state index < -0.39 is 12.1 Å². The number of hydrogen-bond acceptors (Lipinski definition) is 4. The molecule has 1 aromatic carbocycles. The van der Waals surface area contributed by atoms with E-state index in [-0.39, 0.29) is 18.5 Å². The van der Waals surface area contributed by atoms with Crippen molar-refractivity contribution in [1.82, 2.24) is 4.90 Å². The second-order valence-corrected chi connectivity index (χ2v) is 7.85. The van der Waals surface area contributed by atoms with Gasteiger partial charge in [-0.1, -0.05) is 31.6 Å². The van der Waals surface area contributed by atoms with Crippen LogP contribution in [0.4, 0.5) is 13.2 Å². The van der Waals surface area contributed by atoms with Crippen molar-refractivity contribution in [1.29, 1.82) is 0 Å². The first-order valence-electron chi connectivity index (χ1n) is 9.50. The van der Waals surface area contributed by atoms with Gasteiger partial charge in [0.15, 0.2) is 0 Å². The second-order valence-electron chi connectivity index (χ2n) is 7.85. The van der Waals surface area contributed by atoms with Crippen molar-refractivity contribution in [2.45, 2.75) is 26.4 Å². The van der Waals surface area contributed by atoms with Gasteiger partial charge in [-0.2, -0.15) is 13.2 Å². The van der Waals surface area contributed by atoms with Crippen molar-refractivity contribution in [3.05, 3.63) is 34.9 Å². The van der Waals surface area contributed by atoms with Gasteiger partial charge in [0.1, 0.15) is 5.75 Å². The molecule has 1 heterocycles. The van der Waals surface area contributed by atoms with Gasteiger partial charge in [-0.25, -0.2) is 0 Å². The van der Waals surface area contributed by atoms with Crippen molar-refractivity contribution >= 4 is 12.0 Å². The Morgan fingerprint density at radius 1 is 1.32 bits per heavy atom. The van der Waals surface area contributed by atoms with E-state index in [2.05, 4.69) is 17.9 Å². The molecule has 0 amide bonds. The predicted molar refractivity (Wildman–Crippen MR) is 99.9 cm³/mol. The molecule has 154 valence electrons. The summed E-state index contributed by atoms with van der Waals surface area (Å²) in [6.45, 7) is 5.13. The molecule has 0 N–H and O–H groups in total. The van der Waals surface area contributed by atoms with Gasteiger partial charge >= 0.3 is 12.1 Å². The van der Waals surface area contributed by atoms with E-state index in [1.165, 1.54) is 12.7 Å². The Bertz CT molecular complexity index is 754. The lowest BCUT2D eigenvalue weighted by Crippen LogP contribution is -2.51. The smallest absolute Gasteiger partial charge is 0.394 e. The molecule has 7 heteroatoms. The molecule has 1 fully saturated rings. The van der Waals surface area contributed by atoms with Crippen molar-refractivity contribution in [2.24, 2.45) is 17.8 Å². The molecule has 1 aliphatic carbocycles. The fraction of sp³-hybridized carbons (Fsp3) is 0.571. The molecule has 1 aromatic rings. The van der Waals surface area contributed by atoms with Gasteiger partial charge < -0.3 is 9.47 Å². The quantitative estimate of drug-likeness (QED) is 0.682. The molecule has 0 bridgehead atoms. The maximum absolute atomic E-state index is 12.6. The Morgan fingerprint density at radius 3 is 2.68 bits per heavy atom. The number of rotatable bonds is 6. The van der Waals surface area contributed by atoms with Crippen molar-refractivity contribution in [3.8, 4) is 5.75 Å². The first-order chi connectivity index (χ1) is 13.2. The third-order valence-corrected chi connectivity index (χ3v) is 5.57. The largest absolute Gasteiger partial charge is 0.493 e. The number of nitrogens with zero attached hydrogens (tertiary/aromatic N) is 1. The van der Waals surface area contributed by atoms with Gasteiger partial charge in [0, 0.05) is 19.6 Å². The predicted octanol–water partition coefficient (Wildman–Crippen LogP) is 3.94. The van der Waals surface area contributed by atoms with Gasteiger partial charge in [0.2, 0.25) is 0 Å². The first-order valence-corrected chi connectivity index (χ1v) is 9.50. The van der Waals surface area contributed by atoms with Gasteiger partial charge in [0.05, 0.1) is 25.6 Å². The molecule has 1 aliphatic heterocycles. The molecule has 1 saturated heterocycles. The van der Waals surface area contributed by atoms with Crippen LogP contribution >= 0.6 is 0 Å². The van der Waals surface area contributed by atoms with E-state index in [0.29, 0.717) is 24.8 Å². The number of likely N-dealkylation sites (tertiary alicyclic amines) is 1. The number of carbonyl (C=O) groups excluding carboxylic acids is 1. The van der Waals surface area contributed by atoms with Crippen LogP contribution in [0, 0.1) is 17.8 Å². The van der Waals surface area contributed by atoms with E-state index in [9.17, 15) is 18.0 Å². The minimum atomic E-state index is -4.25. The van der Waals surface area contributed by atoms with Crippen LogP contribution < -0.4 is 4.74 Å². The highest BCUT2D eigenvalue weighted by Gasteiger charge is 2.36. The maximum Gasteiger partial charge on any atom is 0.394 e. The van der Waals surface area contributed by atoms with E-state index in [1.54, 1.807) is 6.07 Å². The summed E-state index contributed by atoms with van der Waals surface area (Å²) in [4.78, 5) is 13.7. The molecular weight excluding hydrogens is 371 g/mol. The van der Waals surface area contributed by atoms with Crippen LogP contribution in [0.1, 0.15) is 25.0 Å². The topological polar surface area (TPSA) is 38.8 Å². The van der Waals surface area contributed by atoms with Crippen LogP contribution in [0.15, 0.2) is 23.8 Å². The van der Waals surface area contributed by atoms with Crippen molar-refractivity contribution in [2.75, 3.05) is 33.4 Å². The number of ether oxygens (including phenoxy) is 2. The lowest BCUT2D eigenvalue weighted by molar-refractivity contribution is -0.176. The number of halogens is 3. The zero-order valence-corrected chi connectivity index (χ0v) is 16.4. The number of hydrogen-bond donors (Lipinski definition) is 0. The highest BCUT2D eigenvalue weighted by atomic mass is 19.4. The summed E-state index contributed by atoms with van der Waals surface area (Å²) in [5.74, 6) is -0.883. The van der Waals surface area contributed by atoms with Gasteiger partial charge in [-0.3, -0.25) is 9.69 Å². The SMILES string of the molecule is COC(=O)C1CN(CC2=Cc3ccc(OCC(C)C(F)(F)F)cc3C[C@@H]2C)C1. The summed E-state index contributed by atoms with van der Waals surface area (Å²) < 4.78 is 48.0. The third-order valence-electron chi connectivity index (χ3n) is 5.57. The Labute approximate surface area is 163 Å². The highest BCUT2D eigenvalue weighted by Crippen LogP contribution is 2.33. The minimum Gasteiger partial charge on any atom is -0.493 e. The zero-order valence-electron chi connectivity index (χ0n) is 16.4. The average Bonchev–Trinajstić information content (AvgIpc) is 2.60. The van der Waals surface area contributed by atoms with Crippen LogP contribution in [-0.2, 0) is 16.0 Å². The van der Waals surface area contributed by atoms with E-state index in [1.807, 2.05) is 12.1 Å². The second kappa shape index (κ2) is 8.15. The van der Waals surface area contributed by atoms with Crippen LogP contribution in [0.25, 0.3) is 6.08 Å². The average molecular weight is 397 g/mol. The summed E-state index contributed by atoms with van der Waals surface area (Å²) in [5, 5.41) is 0. The molecular formula is C21H26F3NO3. The Morgan fingerprint density at radius 2 is 2.04 bits per heavy atom. The zero-order chi connectivity index (χ0) is 20.5. The lowest BCUT2D eigenvalue weighted by atomic mass is 9.83. The summed E-state index contributed by atoms with van der Waals surface area (Å²) in [5.41, 5.74) is 3.47. The van der Waals surface area contributed by atoms with E-state index in [4.69, 9.17) is 9.47 Å². The normalized spacial score (nSPS) is 21.4. The number of carbonyl (C=O) groups is 1. The van der Waals surface area contributed by atoms with Crippen molar-refractivity contribution < 1.29 is 27.4 Å². The van der Waals surface area contributed by atoms with Gasteiger partial charge in [-0.15, -0.1) is 0 Å². The number of methoxy groups -OCH3 is 1. The molecule has 28 heavy (non-hydrogen) atoms. The summed E-state index contributed by atoms with van der Waals surface area (Å²) in [6.07, 6.45) is -1.28. The number of benzene rings is 1. The van der Waals surface area contributed by atoms with Crippen LogP contribution in [0.3, 0.4) is 0 Å². The molecule has 0 radical (unpaired) electrons. The third kappa shape index (κ3) is 4.69. The van der Waals surface area contributed by atoms with E-state index >= 15 is 0 Å². The Hall–Kier alpha value is -2.02. The number of esters is 1. The van der Waals surface area contributed by atoms with Crippen LogP contribution in [-0.4, -0.2) is 50.4 Å². The molecule has 2 aliphatic rings. The molecule has 3 rings (SSSR count). The van der Waals surface area contributed by atoms with Gasteiger partial charge in [-0.05, 0) is 35.6 Å². The molecule has 0 aromatic heterocycles. The standard InChI is InChI=1S/C21H26F3NO3/c1-13-6-16-8-19(28-12-14(2)21(22,23)24)5-4-15(16)7-17(13)9-25-10-18(11-25)20(26)27-3/h4-5,7-8,13-14,18H,6,9-12H2,1-3H3/t13-,14?/m0/s1. The Kier molecular flexibility index (Phi) is 6.03. The monoisotopic (exact) mass is 397 g/mol. The number of alkyl halides is 3. The van der Waals surface area contributed by atoms with Crippen molar-refractivity contribution in [3.63, 3.8) is 0 Å². The molecule has 4 nitrogen and oxygen atoms in total. The lowest BCUT2D eigenvalue weighted by Gasteiger charge is -2.39. The molecule has 1 unspecified atom stereocenters.